The lowest BCUT2D eigenvalue weighted by Gasteiger charge is -2.48. The van der Waals surface area contributed by atoms with Crippen molar-refractivity contribution in [2.75, 3.05) is 26.8 Å². The molecular weight excluding hydrogens is 309 g/mol. The number of benzene rings is 1. The fourth-order valence-electron chi connectivity index (χ4n) is 3.94. The highest BCUT2D eigenvalue weighted by atomic mass is 19.1. The number of hydrogen-bond acceptors (Lipinski definition) is 3. The molecule has 132 valence electrons. The number of carbonyl (C=O) groups excluding carboxylic acids is 1. The third-order valence-electron chi connectivity index (χ3n) is 5.35. The van der Waals surface area contributed by atoms with Gasteiger partial charge in [0.25, 0.3) is 0 Å². The van der Waals surface area contributed by atoms with E-state index in [1.807, 2.05) is 11.0 Å². The van der Waals surface area contributed by atoms with Gasteiger partial charge >= 0.3 is 0 Å². The van der Waals surface area contributed by atoms with Crippen LogP contribution < -0.4 is 0 Å². The summed E-state index contributed by atoms with van der Waals surface area (Å²) >= 11 is 0. The van der Waals surface area contributed by atoms with E-state index in [4.69, 9.17) is 9.47 Å². The maximum atomic E-state index is 13.2. The molecule has 0 saturated carbocycles. The number of likely N-dealkylation sites (tertiary alicyclic amines) is 1. The molecule has 1 aromatic carbocycles. The summed E-state index contributed by atoms with van der Waals surface area (Å²) in [7, 11) is 1.75. The average molecular weight is 335 g/mol. The molecular formula is C19H26FNO3. The Labute approximate surface area is 142 Å². The van der Waals surface area contributed by atoms with Gasteiger partial charge in [-0.2, -0.15) is 0 Å². The molecule has 0 bridgehead atoms. The maximum absolute atomic E-state index is 13.2. The summed E-state index contributed by atoms with van der Waals surface area (Å²) in [4.78, 5) is 14.4. The van der Waals surface area contributed by atoms with Crippen molar-refractivity contribution in [3.05, 3.63) is 35.6 Å². The number of aryl methyl sites for hydroxylation is 1. The monoisotopic (exact) mass is 335 g/mol. The fourth-order valence-corrected chi connectivity index (χ4v) is 3.94. The van der Waals surface area contributed by atoms with Crippen LogP contribution in [0.4, 0.5) is 4.39 Å². The molecule has 1 amide bonds. The van der Waals surface area contributed by atoms with Crippen molar-refractivity contribution >= 4 is 5.91 Å². The summed E-state index contributed by atoms with van der Waals surface area (Å²) in [6.07, 6.45) is 4.87. The molecule has 0 aliphatic carbocycles. The molecule has 0 N–H and O–H groups in total. The first-order chi connectivity index (χ1) is 11.6. The minimum Gasteiger partial charge on any atom is -0.378 e. The zero-order valence-electron chi connectivity index (χ0n) is 14.3. The molecule has 3 rings (SSSR count). The van der Waals surface area contributed by atoms with Crippen LogP contribution in [0.3, 0.4) is 0 Å². The van der Waals surface area contributed by atoms with E-state index in [1.54, 1.807) is 13.2 Å². The first kappa shape index (κ1) is 17.4. The van der Waals surface area contributed by atoms with E-state index in [2.05, 4.69) is 0 Å². The second-order valence-corrected chi connectivity index (χ2v) is 6.79. The number of carbonyl (C=O) groups is 1. The molecule has 1 aromatic rings. The van der Waals surface area contributed by atoms with E-state index in [1.165, 1.54) is 12.1 Å². The quantitative estimate of drug-likeness (QED) is 0.849. The van der Waals surface area contributed by atoms with Gasteiger partial charge in [-0.1, -0.05) is 12.1 Å². The zero-order valence-corrected chi connectivity index (χ0v) is 14.3. The third kappa shape index (κ3) is 3.78. The minimum atomic E-state index is -0.250. The van der Waals surface area contributed by atoms with Crippen LogP contribution in [0.2, 0.25) is 0 Å². The maximum Gasteiger partial charge on any atom is 0.222 e. The molecule has 2 fully saturated rings. The third-order valence-corrected chi connectivity index (χ3v) is 5.35. The number of piperidine rings is 1. The van der Waals surface area contributed by atoms with E-state index < -0.39 is 0 Å². The Morgan fingerprint density at radius 1 is 1.42 bits per heavy atom. The molecule has 1 spiro atoms. The topological polar surface area (TPSA) is 38.8 Å². The number of halogens is 1. The van der Waals surface area contributed by atoms with Gasteiger partial charge in [0.15, 0.2) is 0 Å². The predicted octanol–water partition coefficient (Wildman–Crippen LogP) is 2.94. The molecule has 2 aliphatic rings. The Morgan fingerprint density at radius 2 is 2.21 bits per heavy atom. The lowest BCUT2D eigenvalue weighted by atomic mass is 9.81. The predicted molar refractivity (Wildman–Crippen MR) is 89.2 cm³/mol. The lowest BCUT2D eigenvalue weighted by Crippen LogP contribution is -2.56. The van der Waals surface area contributed by atoms with Crippen molar-refractivity contribution < 1.29 is 18.7 Å². The highest BCUT2D eigenvalue weighted by Crippen LogP contribution is 2.36. The Bertz CT molecular complexity index is 569. The van der Waals surface area contributed by atoms with Crippen LogP contribution in [-0.4, -0.2) is 49.3 Å². The van der Waals surface area contributed by atoms with E-state index in [0.29, 0.717) is 25.9 Å². The number of nitrogens with zero attached hydrogens (tertiary/aromatic N) is 1. The van der Waals surface area contributed by atoms with Gasteiger partial charge in [0, 0.05) is 33.2 Å². The molecule has 5 heteroatoms. The van der Waals surface area contributed by atoms with Crippen molar-refractivity contribution in [2.24, 2.45) is 0 Å². The molecule has 0 radical (unpaired) electrons. The minimum absolute atomic E-state index is 0.135. The normalized spacial score (nSPS) is 23.4. The number of hydrogen-bond donors (Lipinski definition) is 0. The average Bonchev–Trinajstić information content (AvgIpc) is 2.61. The second kappa shape index (κ2) is 7.62. The Kier molecular flexibility index (Phi) is 5.51. The summed E-state index contributed by atoms with van der Waals surface area (Å²) in [6.45, 7) is 2.21. The summed E-state index contributed by atoms with van der Waals surface area (Å²) in [6, 6.07) is 6.47. The smallest absolute Gasteiger partial charge is 0.222 e. The molecule has 2 heterocycles. The van der Waals surface area contributed by atoms with Crippen molar-refractivity contribution in [3.8, 4) is 0 Å². The van der Waals surface area contributed by atoms with Gasteiger partial charge < -0.3 is 14.4 Å². The highest BCUT2D eigenvalue weighted by molar-refractivity contribution is 5.76. The van der Waals surface area contributed by atoms with E-state index >= 15 is 0 Å². The molecule has 2 aliphatic heterocycles. The molecule has 24 heavy (non-hydrogen) atoms. The van der Waals surface area contributed by atoms with Gasteiger partial charge in [0.05, 0.1) is 11.7 Å². The van der Waals surface area contributed by atoms with Crippen molar-refractivity contribution in [1.29, 1.82) is 0 Å². The number of ether oxygens (including phenoxy) is 2. The SMILES string of the molecule is CO[C@@H]1CCCOC12CCN(C(=O)CCc1cccc(F)c1)CC2. The van der Waals surface area contributed by atoms with Crippen molar-refractivity contribution in [2.45, 2.75) is 50.2 Å². The first-order valence-corrected chi connectivity index (χ1v) is 8.82. The summed E-state index contributed by atoms with van der Waals surface area (Å²) in [5, 5.41) is 0. The van der Waals surface area contributed by atoms with E-state index in [-0.39, 0.29) is 23.4 Å². The lowest BCUT2D eigenvalue weighted by molar-refractivity contribution is -0.188. The molecule has 0 aromatic heterocycles. The van der Waals surface area contributed by atoms with Gasteiger partial charge in [0.1, 0.15) is 5.82 Å². The number of rotatable bonds is 4. The van der Waals surface area contributed by atoms with Crippen LogP contribution in [0, 0.1) is 5.82 Å². The van der Waals surface area contributed by atoms with Crippen LogP contribution in [0.25, 0.3) is 0 Å². The van der Waals surface area contributed by atoms with Crippen LogP contribution in [0.5, 0.6) is 0 Å². The number of amides is 1. The van der Waals surface area contributed by atoms with Gasteiger partial charge in [-0.15, -0.1) is 0 Å². The summed E-state index contributed by atoms with van der Waals surface area (Å²) < 4.78 is 24.9. The van der Waals surface area contributed by atoms with Crippen LogP contribution >= 0.6 is 0 Å². The number of methoxy groups -OCH3 is 1. The molecule has 4 nitrogen and oxygen atoms in total. The highest BCUT2D eigenvalue weighted by Gasteiger charge is 2.45. The first-order valence-electron chi connectivity index (χ1n) is 8.82. The van der Waals surface area contributed by atoms with Gasteiger partial charge in [-0.25, -0.2) is 4.39 Å². The Morgan fingerprint density at radius 3 is 2.92 bits per heavy atom. The molecule has 1 atom stereocenters. The fraction of sp³-hybridized carbons (Fsp3) is 0.632. The van der Waals surface area contributed by atoms with Crippen LogP contribution in [0.15, 0.2) is 24.3 Å². The van der Waals surface area contributed by atoms with Gasteiger partial charge in [-0.3, -0.25) is 4.79 Å². The van der Waals surface area contributed by atoms with Crippen LogP contribution in [0.1, 0.15) is 37.7 Å². The van der Waals surface area contributed by atoms with E-state index in [9.17, 15) is 9.18 Å². The van der Waals surface area contributed by atoms with Crippen LogP contribution in [-0.2, 0) is 20.7 Å². The molecule has 2 saturated heterocycles. The summed E-state index contributed by atoms with van der Waals surface area (Å²) in [5.74, 6) is -0.112. The summed E-state index contributed by atoms with van der Waals surface area (Å²) in [5.41, 5.74) is 0.652. The van der Waals surface area contributed by atoms with Gasteiger partial charge in [0.2, 0.25) is 5.91 Å². The molecule has 0 unspecified atom stereocenters. The van der Waals surface area contributed by atoms with E-state index in [0.717, 1.165) is 37.9 Å². The second-order valence-electron chi connectivity index (χ2n) is 6.79. The Balaban J connectivity index is 1.51. The van der Waals surface area contributed by atoms with Gasteiger partial charge in [-0.05, 0) is 49.8 Å². The standard InChI is InChI=1S/C19H26FNO3/c1-23-17-6-3-13-24-19(17)9-11-21(12-10-19)18(22)8-7-15-4-2-5-16(20)14-15/h2,4-5,14,17H,3,6-13H2,1H3/t17-/m1/s1. The Hall–Kier alpha value is -1.46. The van der Waals surface area contributed by atoms with Crippen molar-refractivity contribution in [3.63, 3.8) is 0 Å². The largest absolute Gasteiger partial charge is 0.378 e. The van der Waals surface area contributed by atoms with Crippen molar-refractivity contribution in [1.82, 2.24) is 4.90 Å². The zero-order chi connectivity index (χ0) is 17.0.